The molecule has 2 N–H and O–H groups in total. The fourth-order valence-electron chi connectivity index (χ4n) is 2.26. The Morgan fingerprint density at radius 2 is 2.30 bits per heavy atom. The fraction of sp³-hybridized carbons (Fsp3) is 0.533. The molecule has 1 aromatic carbocycles. The minimum absolute atomic E-state index is 0.0867. The lowest BCUT2D eigenvalue weighted by Gasteiger charge is -2.17. The number of thioether (sulfide) groups is 1. The summed E-state index contributed by atoms with van der Waals surface area (Å²) in [6.45, 7) is 4.85. The predicted octanol–water partition coefficient (Wildman–Crippen LogP) is 3.41. The minimum Gasteiger partial charge on any atom is -0.376 e. The first-order valence-electron chi connectivity index (χ1n) is 6.92. The van der Waals surface area contributed by atoms with Crippen molar-refractivity contribution in [1.82, 2.24) is 5.32 Å². The van der Waals surface area contributed by atoms with Crippen LogP contribution in [0.5, 0.6) is 0 Å². The second kappa shape index (κ2) is 6.99. The standard InChI is InChI=1S/C15H22N2O2S/c1-10-14(7-8-19-10)17-15(18)16-13-6-4-5-12(9-13)11(2)20-3/h4-6,9-11,14H,7-8H2,1-3H3,(H2,16,17,18)/t10-,11+,14-/m0/s1. The van der Waals surface area contributed by atoms with Crippen LogP contribution in [0.25, 0.3) is 0 Å². The van der Waals surface area contributed by atoms with E-state index < -0.39 is 0 Å². The molecule has 1 fully saturated rings. The minimum atomic E-state index is -0.165. The summed E-state index contributed by atoms with van der Waals surface area (Å²) in [5, 5.41) is 6.27. The van der Waals surface area contributed by atoms with Crippen molar-refractivity contribution < 1.29 is 9.53 Å². The average molecular weight is 294 g/mol. The van der Waals surface area contributed by atoms with Gasteiger partial charge in [-0.05, 0) is 44.2 Å². The van der Waals surface area contributed by atoms with Crippen LogP contribution in [0.1, 0.15) is 31.1 Å². The number of carbonyl (C=O) groups excluding carboxylic acids is 1. The largest absolute Gasteiger partial charge is 0.376 e. The summed E-state index contributed by atoms with van der Waals surface area (Å²) < 4.78 is 5.44. The Morgan fingerprint density at radius 1 is 1.50 bits per heavy atom. The number of rotatable bonds is 4. The molecular weight excluding hydrogens is 272 g/mol. The van der Waals surface area contributed by atoms with E-state index in [9.17, 15) is 4.79 Å². The van der Waals surface area contributed by atoms with Gasteiger partial charge in [0.2, 0.25) is 0 Å². The first-order chi connectivity index (χ1) is 9.60. The summed E-state index contributed by atoms with van der Waals surface area (Å²) in [5.74, 6) is 0. The molecule has 1 heterocycles. The summed E-state index contributed by atoms with van der Waals surface area (Å²) in [6.07, 6.45) is 3.04. The Balaban J connectivity index is 1.93. The SMILES string of the molecule is CS[C@H](C)c1cccc(NC(=O)N[C@H]2CCO[C@H]2C)c1. The van der Waals surface area contributed by atoms with Crippen LogP contribution >= 0.6 is 11.8 Å². The van der Waals surface area contributed by atoms with Crippen molar-refractivity contribution in [2.24, 2.45) is 0 Å². The molecule has 0 spiro atoms. The van der Waals surface area contributed by atoms with Gasteiger partial charge in [0.25, 0.3) is 0 Å². The van der Waals surface area contributed by atoms with E-state index in [-0.39, 0.29) is 18.2 Å². The molecule has 110 valence electrons. The number of hydrogen-bond donors (Lipinski definition) is 2. The Labute approximate surface area is 124 Å². The van der Waals surface area contributed by atoms with Gasteiger partial charge in [-0.25, -0.2) is 4.79 Å². The van der Waals surface area contributed by atoms with Gasteiger partial charge in [0.15, 0.2) is 0 Å². The summed E-state index contributed by atoms with van der Waals surface area (Å²) in [5.41, 5.74) is 2.04. The molecule has 20 heavy (non-hydrogen) atoms. The van der Waals surface area contributed by atoms with Crippen LogP contribution in [0.15, 0.2) is 24.3 Å². The van der Waals surface area contributed by atoms with Crippen molar-refractivity contribution in [3.05, 3.63) is 29.8 Å². The summed E-state index contributed by atoms with van der Waals surface area (Å²) >= 11 is 1.79. The zero-order valence-electron chi connectivity index (χ0n) is 12.2. The molecule has 1 aliphatic rings. The first-order valence-corrected chi connectivity index (χ1v) is 8.21. The van der Waals surface area contributed by atoms with Gasteiger partial charge in [-0.15, -0.1) is 0 Å². The number of ether oxygens (including phenoxy) is 1. The number of benzene rings is 1. The third-order valence-electron chi connectivity index (χ3n) is 3.66. The maximum absolute atomic E-state index is 12.0. The third-order valence-corrected chi connectivity index (χ3v) is 4.64. The predicted molar refractivity (Wildman–Crippen MR) is 84.3 cm³/mol. The Hall–Kier alpha value is -1.20. The van der Waals surface area contributed by atoms with Crippen LogP contribution in [0.2, 0.25) is 0 Å². The molecule has 1 aliphatic heterocycles. The average Bonchev–Trinajstić information content (AvgIpc) is 2.83. The quantitative estimate of drug-likeness (QED) is 0.894. The molecule has 4 nitrogen and oxygen atoms in total. The lowest BCUT2D eigenvalue weighted by atomic mass is 10.1. The van der Waals surface area contributed by atoms with Gasteiger partial charge < -0.3 is 15.4 Å². The molecule has 5 heteroatoms. The second-order valence-corrected chi connectivity index (χ2v) is 6.25. The molecule has 2 rings (SSSR count). The van der Waals surface area contributed by atoms with Gasteiger partial charge in [0, 0.05) is 17.5 Å². The van der Waals surface area contributed by atoms with Crippen molar-refractivity contribution in [3.63, 3.8) is 0 Å². The molecular formula is C15H22N2O2S. The highest BCUT2D eigenvalue weighted by Gasteiger charge is 2.25. The summed E-state index contributed by atoms with van der Waals surface area (Å²) in [7, 11) is 0. The number of anilines is 1. The zero-order chi connectivity index (χ0) is 14.5. The molecule has 0 saturated carbocycles. The van der Waals surface area contributed by atoms with Crippen molar-refractivity contribution >= 4 is 23.5 Å². The van der Waals surface area contributed by atoms with Crippen LogP contribution in [-0.2, 0) is 4.74 Å². The molecule has 3 atom stereocenters. The number of nitrogens with one attached hydrogen (secondary N) is 2. The highest BCUT2D eigenvalue weighted by Crippen LogP contribution is 2.27. The van der Waals surface area contributed by atoms with Crippen LogP contribution in [0, 0.1) is 0 Å². The van der Waals surface area contributed by atoms with Crippen LogP contribution in [0.3, 0.4) is 0 Å². The third kappa shape index (κ3) is 3.90. The van der Waals surface area contributed by atoms with Gasteiger partial charge in [-0.2, -0.15) is 11.8 Å². The first kappa shape index (κ1) is 15.2. The van der Waals surface area contributed by atoms with E-state index in [0.717, 1.165) is 12.1 Å². The number of amides is 2. The van der Waals surface area contributed by atoms with Crippen LogP contribution in [-0.4, -0.2) is 31.0 Å². The van der Waals surface area contributed by atoms with E-state index in [1.54, 1.807) is 11.8 Å². The van der Waals surface area contributed by atoms with E-state index in [4.69, 9.17) is 4.74 Å². The van der Waals surface area contributed by atoms with E-state index in [2.05, 4.69) is 29.9 Å². The van der Waals surface area contributed by atoms with Crippen molar-refractivity contribution in [2.75, 3.05) is 18.2 Å². The molecule has 1 aromatic rings. The topological polar surface area (TPSA) is 50.4 Å². The van der Waals surface area contributed by atoms with Gasteiger partial charge >= 0.3 is 6.03 Å². The molecule has 0 bridgehead atoms. The number of hydrogen-bond acceptors (Lipinski definition) is 3. The molecule has 0 unspecified atom stereocenters. The summed E-state index contributed by atoms with van der Waals surface area (Å²) in [4.78, 5) is 12.0. The highest BCUT2D eigenvalue weighted by atomic mass is 32.2. The van der Waals surface area contributed by atoms with Gasteiger partial charge in [-0.3, -0.25) is 0 Å². The van der Waals surface area contributed by atoms with E-state index >= 15 is 0 Å². The lowest BCUT2D eigenvalue weighted by molar-refractivity contribution is 0.114. The molecule has 1 saturated heterocycles. The zero-order valence-corrected chi connectivity index (χ0v) is 13.0. The van der Waals surface area contributed by atoms with Crippen molar-refractivity contribution in [1.29, 1.82) is 0 Å². The number of carbonyl (C=O) groups is 1. The maximum atomic E-state index is 12.0. The highest BCUT2D eigenvalue weighted by molar-refractivity contribution is 7.98. The summed E-state index contributed by atoms with van der Waals surface area (Å²) in [6, 6.07) is 7.92. The molecule has 0 aliphatic carbocycles. The van der Waals surface area contributed by atoms with Gasteiger partial charge in [0.05, 0.1) is 12.1 Å². The lowest BCUT2D eigenvalue weighted by Crippen LogP contribution is -2.41. The smallest absolute Gasteiger partial charge is 0.319 e. The van der Waals surface area contributed by atoms with E-state index in [1.807, 2.05) is 25.1 Å². The second-order valence-electron chi connectivity index (χ2n) is 5.07. The van der Waals surface area contributed by atoms with Crippen molar-refractivity contribution in [3.8, 4) is 0 Å². The van der Waals surface area contributed by atoms with Crippen LogP contribution in [0.4, 0.5) is 10.5 Å². The number of urea groups is 1. The van der Waals surface area contributed by atoms with Gasteiger partial charge in [-0.1, -0.05) is 12.1 Å². The monoisotopic (exact) mass is 294 g/mol. The molecule has 0 aromatic heterocycles. The Kier molecular flexibility index (Phi) is 5.31. The Morgan fingerprint density at radius 3 is 2.95 bits per heavy atom. The van der Waals surface area contributed by atoms with Gasteiger partial charge in [0.1, 0.15) is 0 Å². The Bertz CT molecular complexity index is 467. The normalized spacial score (nSPS) is 23.4. The van der Waals surface area contributed by atoms with Crippen molar-refractivity contribution in [2.45, 2.75) is 37.7 Å². The molecule has 0 radical (unpaired) electrons. The van der Waals surface area contributed by atoms with E-state index in [0.29, 0.717) is 11.9 Å². The van der Waals surface area contributed by atoms with Crippen LogP contribution < -0.4 is 10.6 Å². The fourth-order valence-corrected chi connectivity index (χ4v) is 2.68. The maximum Gasteiger partial charge on any atom is 0.319 e. The molecule has 2 amide bonds. The van der Waals surface area contributed by atoms with E-state index in [1.165, 1.54) is 5.56 Å².